The lowest BCUT2D eigenvalue weighted by atomic mass is 10.1. The zero-order valence-electron chi connectivity index (χ0n) is 16.5. The zero-order chi connectivity index (χ0) is 20.7. The molecule has 0 unspecified atom stereocenters. The van der Waals surface area contributed by atoms with Gasteiger partial charge in [-0.3, -0.25) is 4.79 Å². The van der Waals surface area contributed by atoms with Gasteiger partial charge in [0.2, 0.25) is 10.0 Å². The number of hydrogen-bond acceptors (Lipinski definition) is 5. The van der Waals surface area contributed by atoms with Gasteiger partial charge >= 0.3 is 0 Å². The van der Waals surface area contributed by atoms with Gasteiger partial charge in [-0.1, -0.05) is 24.3 Å². The van der Waals surface area contributed by atoms with E-state index in [2.05, 4.69) is 5.32 Å². The molecular formula is C20H26N2O5S. The number of ether oxygens (including phenoxy) is 2. The monoisotopic (exact) mass is 406 g/mol. The summed E-state index contributed by atoms with van der Waals surface area (Å²) in [4.78, 5) is 12.1. The van der Waals surface area contributed by atoms with E-state index in [1.807, 2.05) is 31.2 Å². The van der Waals surface area contributed by atoms with E-state index in [0.29, 0.717) is 5.75 Å². The van der Waals surface area contributed by atoms with E-state index < -0.39 is 10.0 Å². The molecule has 0 fully saturated rings. The predicted molar refractivity (Wildman–Crippen MR) is 108 cm³/mol. The lowest BCUT2D eigenvalue weighted by molar-refractivity contribution is -0.123. The van der Waals surface area contributed by atoms with Crippen molar-refractivity contribution in [3.8, 4) is 11.5 Å². The van der Waals surface area contributed by atoms with Crippen LogP contribution in [0.2, 0.25) is 0 Å². The Hall–Kier alpha value is -2.58. The molecule has 0 spiro atoms. The highest BCUT2D eigenvalue weighted by atomic mass is 32.2. The summed E-state index contributed by atoms with van der Waals surface area (Å²) in [6.07, 6.45) is 1.16. The molecule has 0 aliphatic carbocycles. The Bertz CT molecular complexity index is 880. The molecule has 1 amide bonds. The standard InChI is InChI=1S/C20H26N2O5S/c1-15(17-7-11-18(26-3)12-8-17)21-20(23)14-27-19-9-5-16(6-10-19)13-22(2)28(4,24)25/h5-12,15H,13-14H2,1-4H3,(H,21,23)/t15-/m1/s1. The second kappa shape index (κ2) is 9.57. The first-order chi connectivity index (χ1) is 13.2. The Kier molecular flexibility index (Phi) is 7.42. The van der Waals surface area contributed by atoms with E-state index in [4.69, 9.17) is 9.47 Å². The molecule has 8 heteroatoms. The normalized spacial score (nSPS) is 12.5. The number of benzene rings is 2. The second-order valence-corrected chi connectivity index (χ2v) is 8.60. The summed E-state index contributed by atoms with van der Waals surface area (Å²) in [5.74, 6) is 1.07. The van der Waals surface area contributed by atoms with Crippen molar-refractivity contribution in [2.75, 3.05) is 27.0 Å². The maximum atomic E-state index is 12.1. The number of amides is 1. The molecule has 1 N–H and O–H groups in total. The average Bonchev–Trinajstić information content (AvgIpc) is 2.66. The van der Waals surface area contributed by atoms with Gasteiger partial charge < -0.3 is 14.8 Å². The van der Waals surface area contributed by atoms with Crippen LogP contribution in [0.15, 0.2) is 48.5 Å². The van der Waals surface area contributed by atoms with E-state index >= 15 is 0 Å². The first-order valence-electron chi connectivity index (χ1n) is 8.75. The summed E-state index contributed by atoms with van der Waals surface area (Å²) in [6.45, 7) is 2.06. The van der Waals surface area contributed by atoms with Crippen LogP contribution in [0.5, 0.6) is 11.5 Å². The Labute approximate surface area is 166 Å². The molecule has 152 valence electrons. The van der Waals surface area contributed by atoms with Gasteiger partial charge in [-0.05, 0) is 42.3 Å². The number of sulfonamides is 1. The minimum atomic E-state index is -3.23. The Morgan fingerprint density at radius 3 is 2.18 bits per heavy atom. The molecule has 0 aliphatic rings. The van der Waals surface area contributed by atoms with Crippen LogP contribution >= 0.6 is 0 Å². The summed E-state index contributed by atoms with van der Waals surface area (Å²) in [5, 5.41) is 2.88. The zero-order valence-corrected chi connectivity index (χ0v) is 17.3. The van der Waals surface area contributed by atoms with Crippen LogP contribution < -0.4 is 14.8 Å². The van der Waals surface area contributed by atoms with Crippen LogP contribution in [0.1, 0.15) is 24.1 Å². The lowest BCUT2D eigenvalue weighted by Crippen LogP contribution is -2.31. The molecule has 2 aromatic rings. The molecule has 0 saturated heterocycles. The number of nitrogens with zero attached hydrogens (tertiary/aromatic N) is 1. The van der Waals surface area contributed by atoms with Crippen molar-refractivity contribution in [2.24, 2.45) is 0 Å². The third-order valence-electron chi connectivity index (χ3n) is 4.26. The Balaban J connectivity index is 1.83. The van der Waals surface area contributed by atoms with Gasteiger partial charge in [0, 0.05) is 13.6 Å². The van der Waals surface area contributed by atoms with E-state index in [-0.39, 0.29) is 25.1 Å². The fourth-order valence-corrected chi connectivity index (χ4v) is 2.86. The van der Waals surface area contributed by atoms with Crippen molar-refractivity contribution in [3.63, 3.8) is 0 Å². The highest BCUT2D eigenvalue weighted by Gasteiger charge is 2.12. The molecule has 0 aromatic heterocycles. The minimum Gasteiger partial charge on any atom is -0.497 e. The average molecular weight is 407 g/mol. The third-order valence-corrected chi connectivity index (χ3v) is 5.52. The van der Waals surface area contributed by atoms with Gasteiger partial charge in [0.1, 0.15) is 11.5 Å². The van der Waals surface area contributed by atoms with Gasteiger partial charge in [0.15, 0.2) is 6.61 Å². The smallest absolute Gasteiger partial charge is 0.258 e. The molecule has 0 heterocycles. The fourth-order valence-electron chi connectivity index (χ4n) is 2.47. The third kappa shape index (κ3) is 6.54. The van der Waals surface area contributed by atoms with E-state index in [0.717, 1.165) is 23.1 Å². The molecule has 1 atom stereocenters. The van der Waals surface area contributed by atoms with E-state index in [9.17, 15) is 13.2 Å². The predicted octanol–water partition coefficient (Wildman–Crippen LogP) is 2.34. The topological polar surface area (TPSA) is 84.9 Å². The molecule has 28 heavy (non-hydrogen) atoms. The van der Waals surface area contributed by atoms with Crippen LogP contribution in [-0.2, 0) is 21.4 Å². The van der Waals surface area contributed by atoms with Crippen LogP contribution in [-0.4, -0.2) is 45.7 Å². The summed E-state index contributed by atoms with van der Waals surface area (Å²) in [6, 6.07) is 14.3. The van der Waals surface area contributed by atoms with Crippen molar-refractivity contribution in [2.45, 2.75) is 19.5 Å². The second-order valence-electron chi connectivity index (χ2n) is 6.51. The number of rotatable bonds is 9. The number of nitrogens with one attached hydrogen (secondary N) is 1. The van der Waals surface area contributed by atoms with Gasteiger partial charge in [0.25, 0.3) is 5.91 Å². The number of carbonyl (C=O) groups excluding carboxylic acids is 1. The number of methoxy groups -OCH3 is 1. The first kappa shape index (κ1) is 21.7. The maximum absolute atomic E-state index is 12.1. The summed E-state index contributed by atoms with van der Waals surface area (Å²) in [7, 11) is -0.102. The molecular weight excluding hydrogens is 380 g/mol. The maximum Gasteiger partial charge on any atom is 0.258 e. The molecule has 0 saturated carbocycles. The summed E-state index contributed by atoms with van der Waals surface area (Å²) < 4.78 is 34.8. The van der Waals surface area contributed by atoms with Crippen molar-refractivity contribution < 1.29 is 22.7 Å². The fraction of sp³-hybridized carbons (Fsp3) is 0.350. The van der Waals surface area contributed by atoms with Crippen molar-refractivity contribution in [3.05, 3.63) is 59.7 Å². The molecule has 0 bridgehead atoms. The van der Waals surface area contributed by atoms with Crippen LogP contribution in [0.3, 0.4) is 0 Å². The van der Waals surface area contributed by atoms with Crippen LogP contribution in [0.4, 0.5) is 0 Å². The van der Waals surface area contributed by atoms with E-state index in [1.54, 1.807) is 31.4 Å². The molecule has 7 nitrogen and oxygen atoms in total. The number of carbonyl (C=O) groups is 1. The molecule has 2 rings (SSSR count). The highest BCUT2D eigenvalue weighted by Crippen LogP contribution is 2.17. The SMILES string of the molecule is COc1ccc([C@@H](C)NC(=O)COc2ccc(CN(C)S(C)(=O)=O)cc2)cc1. The van der Waals surface area contributed by atoms with Crippen LogP contribution in [0.25, 0.3) is 0 Å². The summed E-state index contributed by atoms with van der Waals surface area (Å²) >= 11 is 0. The molecule has 2 aromatic carbocycles. The molecule has 0 radical (unpaired) electrons. The Morgan fingerprint density at radius 1 is 1.07 bits per heavy atom. The van der Waals surface area contributed by atoms with Crippen molar-refractivity contribution in [1.29, 1.82) is 0 Å². The molecule has 0 aliphatic heterocycles. The largest absolute Gasteiger partial charge is 0.497 e. The number of hydrogen-bond donors (Lipinski definition) is 1. The lowest BCUT2D eigenvalue weighted by Gasteiger charge is -2.16. The quantitative estimate of drug-likeness (QED) is 0.691. The summed E-state index contributed by atoms with van der Waals surface area (Å²) in [5.41, 5.74) is 1.80. The van der Waals surface area contributed by atoms with Gasteiger partial charge in [-0.15, -0.1) is 0 Å². The van der Waals surface area contributed by atoms with Gasteiger partial charge in [-0.25, -0.2) is 12.7 Å². The highest BCUT2D eigenvalue weighted by molar-refractivity contribution is 7.88. The van der Waals surface area contributed by atoms with E-state index in [1.165, 1.54) is 11.4 Å². The van der Waals surface area contributed by atoms with Crippen molar-refractivity contribution >= 4 is 15.9 Å². The van der Waals surface area contributed by atoms with Crippen LogP contribution in [0, 0.1) is 0 Å². The van der Waals surface area contributed by atoms with Gasteiger partial charge in [-0.2, -0.15) is 0 Å². The first-order valence-corrected chi connectivity index (χ1v) is 10.6. The minimum absolute atomic E-state index is 0.108. The van der Waals surface area contributed by atoms with Crippen molar-refractivity contribution in [1.82, 2.24) is 9.62 Å². The van der Waals surface area contributed by atoms with Gasteiger partial charge in [0.05, 0.1) is 19.4 Å². The Morgan fingerprint density at radius 2 is 1.64 bits per heavy atom.